The van der Waals surface area contributed by atoms with E-state index in [2.05, 4.69) is 17.6 Å². The number of carbonyl (C=O) groups is 1. The molecule has 0 saturated carbocycles. The molecule has 2 N–H and O–H groups in total. The van der Waals surface area contributed by atoms with Crippen LogP contribution in [-0.2, 0) is 9.53 Å². The molecule has 0 radical (unpaired) electrons. The number of hydrogen-bond donors (Lipinski definition) is 2. The van der Waals surface area contributed by atoms with E-state index in [9.17, 15) is 4.79 Å². The SMILES string of the molecule is CCCCCCCNCC(=O)Nc1ccc(OCCOCC)cc1. The van der Waals surface area contributed by atoms with Crippen molar-refractivity contribution in [3.63, 3.8) is 0 Å². The van der Waals surface area contributed by atoms with E-state index in [4.69, 9.17) is 9.47 Å². The molecule has 0 atom stereocenters. The van der Waals surface area contributed by atoms with Gasteiger partial charge in [-0.1, -0.05) is 32.6 Å². The van der Waals surface area contributed by atoms with E-state index in [0.29, 0.717) is 26.4 Å². The molecule has 1 aromatic carbocycles. The second kappa shape index (κ2) is 13.8. The third-order valence-electron chi connectivity index (χ3n) is 3.58. The quantitative estimate of drug-likeness (QED) is 0.510. The molecule has 5 heteroatoms. The number of ether oxygens (including phenoxy) is 2. The maximum absolute atomic E-state index is 11.9. The first-order chi connectivity index (χ1) is 11.8. The fourth-order valence-corrected chi connectivity index (χ4v) is 2.26. The Kier molecular flexibility index (Phi) is 11.8. The van der Waals surface area contributed by atoms with Crippen LogP contribution < -0.4 is 15.4 Å². The molecule has 0 fully saturated rings. The Morgan fingerprint density at radius 1 is 1.00 bits per heavy atom. The van der Waals surface area contributed by atoms with E-state index in [-0.39, 0.29) is 5.91 Å². The minimum atomic E-state index is -0.0198. The summed E-state index contributed by atoms with van der Waals surface area (Å²) in [5.41, 5.74) is 0.780. The Hall–Kier alpha value is -1.59. The van der Waals surface area contributed by atoms with Gasteiger partial charge in [0, 0.05) is 12.3 Å². The summed E-state index contributed by atoms with van der Waals surface area (Å²) in [7, 11) is 0. The van der Waals surface area contributed by atoms with E-state index < -0.39 is 0 Å². The van der Waals surface area contributed by atoms with Crippen LogP contribution in [0, 0.1) is 0 Å². The molecule has 0 saturated heterocycles. The Bertz CT molecular complexity index is 435. The molecule has 0 aliphatic carbocycles. The molecule has 1 aromatic rings. The predicted octanol–water partition coefficient (Wildman–Crippen LogP) is 3.60. The second-order valence-electron chi connectivity index (χ2n) is 5.71. The number of anilines is 1. The van der Waals surface area contributed by atoms with Crippen molar-refractivity contribution in [2.45, 2.75) is 46.0 Å². The molecule has 0 aliphatic heterocycles. The summed E-state index contributed by atoms with van der Waals surface area (Å²) >= 11 is 0. The van der Waals surface area contributed by atoms with Gasteiger partial charge in [0.1, 0.15) is 12.4 Å². The molecule has 5 nitrogen and oxygen atoms in total. The number of nitrogens with one attached hydrogen (secondary N) is 2. The smallest absolute Gasteiger partial charge is 0.238 e. The average Bonchev–Trinajstić information content (AvgIpc) is 2.59. The molecule has 1 rings (SSSR count). The molecule has 24 heavy (non-hydrogen) atoms. The van der Waals surface area contributed by atoms with Crippen molar-refractivity contribution in [1.82, 2.24) is 5.32 Å². The molecule has 0 unspecified atom stereocenters. The lowest BCUT2D eigenvalue weighted by Gasteiger charge is -2.09. The zero-order chi connectivity index (χ0) is 17.5. The summed E-state index contributed by atoms with van der Waals surface area (Å²) in [4.78, 5) is 11.9. The average molecular weight is 336 g/mol. The first kappa shape index (κ1) is 20.5. The second-order valence-corrected chi connectivity index (χ2v) is 5.71. The molecule has 0 heterocycles. The molecule has 0 spiro atoms. The van der Waals surface area contributed by atoms with Gasteiger partial charge in [-0.25, -0.2) is 0 Å². The standard InChI is InChI=1S/C19H32N2O3/c1-3-5-6-7-8-13-20-16-19(22)21-17-9-11-18(12-10-17)24-15-14-23-4-2/h9-12,20H,3-8,13-16H2,1-2H3,(H,21,22). The summed E-state index contributed by atoms with van der Waals surface area (Å²) in [6.07, 6.45) is 6.19. The lowest BCUT2D eigenvalue weighted by Crippen LogP contribution is -2.28. The van der Waals surface area contributed by atoms with Crippen LogP contribution in [0.15, 0.2) is 24.3 Å². The van der Waals surface area contributed by atoms with E-state index in [1.54, 1.807) is 0 Å². The van der Waals surface area contributed by atoms with E-state index in [1.165, 1.54) is 25.7 Å². The zero-order valence-corrected chi connectivity index (χ0v) is 15.1. The first-order valence-corrected chi connectivity index (χ1v) is 9.07. The molecule has 0 aromatic heterocycles. The largest absolute Gasteiger partial charge is 0.491 e. The molecular weight excluding hydrogens is 304 g/mol. The summed E-state index contributed by atoms with van der Waals surface area (Å²) < 4.78 is 10.8. The summed E-state index contributed by atoms with van der Waals surface area (Å²) in [6, 6.07) is 7.39. The van der Waals surface area contributed by atoms with Crippen molar-refractivity contribution < 1.29 is 14.3 Å². The fourth-order valence-electron chi connectivity index (χ4n) is 2.26. The van der Waals surface area contributed by atoms with Gasteiger partial charge in [0.25, 0.3) is 0 Å². The molecule has 0 aliphatic rings. The summed E-state index contributed by atoms with van der Waals surface area (Å²) in [5.74, 6) is 0.756. The van der Waals surface area contributed by atoms with Crippen LogP contribution in [0.2, 0.25) is 0 Å². The van der Waals surface area contributed by atoms with Crippen LogP contribution in [-0.4, -0.2) is 38.8 Å². The maximum atomic E-state index is 11.9. The number of amides is 1. The van der Waals surface area contributed by atoms with Gasteiger partial charge in [-0.05, 0) is 44.2 Å². The van der Waals surface area contributed by atoms with E-state index >= 15 is 0 Å². The van der Waals surface area contributed by atoms with E-state index in [1.807, 2.05) is 31.2 Å². The minimum Gasteiger partial charge on any atom is -0.491 e. The lowest BCUT2D eigenvalue weighted by atomic mass is 10.1. The Labute approximate surface area is 146 Å². The van der Waals surface area contributed by atoms with Gasteiger partial charge in [0.05, 0.1) is 13.2 Å². The highest BCUT2D eigenvalue weighted by Gasteiger charge is 2.02. The van der Waals surface area contributed by atoms with Gasteiger partial charge < -0.3 is 20.1 Å². The van der Waals surface area contributed by atoms with Crippen LogP contribution in [0.25, 0.3) is 0 Å². The number of rotatable bonds is 14. The lowest BCUT2D eigenvalue weighted by molar-refractivity contribution is -0.115. The van der Waals surface area contributed by atoms with Crippen molar-refractivity contribution >= 4 is 11.6 Å². The topological polar surface area (TPSA) is 59.6 Å². The molecular formula is C19H32N2O3. The number of unbranched alkanes of at least 4 members (excludes halogenated alkanes) is 4. The van der Waals surface area contributed by atoms with Gasteiger partial charge in [0.15, 0.2) is 0 Å². The number of carbonyl (C=O) groups excluding carboxylic acids is 1. The van der Waals surface area contributed by atoms with Crippen molar-refractivity contribution in [3.8, 4) is 5.75 Å². The highest BCUT2D eigenvalue weighted by atomic mass is 16.5. The van der Waals surface area contributed by atoms with Crippen LogP contribution in [0.3, 0.4) is 0 Å². The van der Waals surface area contributed by atoms with Gasteiger partial charge >= 0.3 is 0 Å². The van der Waals surface area contributed by atoms with Gasteiger partial charge in [-0.2, -0.15) is 0 Å². The molecule has 0 bridgehead atoms. The minimum absolute atomic E-state index is 0.0198. The van der Waals surface area contributed by atoms with Crippen LogP contribution >= 0.6 is 0 Å². The van der Waals surface area contributed by atoms with Gasteiger partial charge in [-0.3, -0.25) is 4.79 Å². The number of hydrogen-bond acceptors (Lipinski definition) is 4. The van der Waals surface area contributed by atoms with Gasteiger partial charge in [0.2, 0.25) is 5.91 Å². The highest BCUT2D eigenvalue weighted by molar-refractivity contribution is 5.92. The van der Waals surface area contributed by atoms with E-state index in [0.717, 1.165) is 24.4 Å². The summed E-state index contributed by atoms with van der Waals surface area (Å²) in [5, 5.41) is 6.06. The Morgan fingerprint density at radius 2 is 1.75 bits per heavy atom. The van der Waals surface area contributed by atoms with Crippen LogP contribution in [0.5, 0.6) is 5.75 Å². The van der Waals surface area contributed by atoms with Crippen molar-refractivity contribution in [2.24, 2.45) is 0 Å². The molecule has 1 amide bonds. The third kappa shape index (κ3) is 10.2. The fraction of sp³-hybridized carbons (Fsp3) is 0.632. The number of benzene rings is 1. The highest BCUT2D eigenvalue weighted by Crippen LogP contribution is 2.15. The Morgan fingerprint density at radius 3 is 2.46 bits per heavy atom. The van der Waals surface area contributed by atoms with Crippen LogP contribution in [0.4, 0.5) is 5.69 Å². The predicted molar refractivity (Wildman–Crippen MR) is 98.7 cm³/mol. The maximum Gasteiger partial charge on any atom is 0.238 e. The molecule has 136 valence electrons. The first-order valence-electron chi connectivity index (χ1n) is 9.07. The van der Waals surface area contributed by atoms with Gasteiger partial charge in [-0.15, -0.1) is 0 Å². The van der Waals surface area contributed by atoms with Crippen molar-refractivity contribution in [2.75, 3.05) is 38.2 Å². The zero-order valence-electron chi connectivity index (χ0n) is 15.1. The summed E-state index contributed by atoms with van der Waals surface area (Å²) in [6.45, 7) is 7.22. The van der Waals surface area contributed by atoms with Crippen LogP contribution in [0.1, 0.15) is 46.0 Å². The van der Waals surface area contributed by atoms with Crippen molar-refractivity contribution in [1.29, 1.82) is 0 Å². The third-order valence-corrected chi connectivity index (χ3v) is 3.58. The monoisotopic (exact) mass is 336 g/mol. The normalized spacial score (nSPS) is 10.6. The Balaban J connectivity index is 2.13. The van der Waals surface area contributed by atoms with Crippen molar-refractivity contribution in [3.05, 3.63) is 24.3 Å².